The number of carbonyl (C=O) groups is 2. The molecule has 1 aliphatic carbocycles. The standard InChI is InChI=1S/C20H25N3O4S2/c1-2-29(26,27)23-16-10-7-9-15(12-16)19(24)21-22-20(25)18-13-14-8-5-3-4-6-11-17(14)28-18/h7,9-10,12-13,23H,2-6,8,11H2,1H3,(H,21,24)(H,22,25). The molecule has 0 radical (unpaired) electrons. The number of carbonyl (C=O) groups excluding carboxylic acids is 2. The van der Waals surface area contributed by atoms with Gasteiger partial charge in [0.1, 0.15) is 0 Å². The van der Waals surface area contributed by atoms with Gasteiger partial charge in [0.2, 0.25) is 10.0 Å². The number of rotatable bonds is 5. The number of thiophene rings is 1. The molecule has 0 spiro atoms. The summed E-state index contributed by atoms with van der Waals surface area (Å²) in [5, 5.41) is 0. The van der Waals surface area contributed by atoms with Crippen molar-refractivity contribution in [3.63, 3.8) is 0 Å². The first kappa shape index (κ1) is 21.3. The number of anilines is 1. The Morgan fingerprint density at radius 2 is 1.72 bits per heavy atom. The highest BCUT2D eigenvalue weighted by Crippen LogP contribution is 2.28. The summed E-state index contributed by atoms with van der Waals surface area (Å²) < 4.78 is 25.8. The quantitative estimate of drug-likeness (QED) is 0.627. The molecule has 1 heterocycles. The zero-order valence-electron chi connectivity index (χ0n) is 16.3. The van der Waals surface area contributed by atoms with Gasteiger partial charge >= 0.3 is 0 Å². The first-order valence-electron chi connectivity index (χ1n) is 9.71. The van der Waals surface area contributed by atoms with Crippen LogP contribution < -0.4 is 15.6 Å². The first-order valence-corrected chi connectivity index (χ1v) is 12.2. The fourth-order valence-corrected chi connectivity index (χ4v) is 4.96. The average molecular weight is 436 g/mol. The number of hydrazine groups is 1. The third-order valence-corrected chi connectivity index (χ3v) is 7.33. The number of benzene rings is 1. The Labute approximate surface area is 174 Å². The molecular formula is C20H25N3O4S2. The normalized spacial score (nSPS) is 14.2. The molecule has 2 aromatic rings. The Balaban J connectivity index is 1.62. The van der Waals surface area contributed by atoms with Crippen LogP contribution in [0.4, 0.5) is 5.69 Å². The van der Waals surface area contributed by atoms with Gasteiger partial charge in [-0.25, -0.2) is 8.42 Å². The second-order valence-corrected chi connectivity index (χ2v) is 10.1. The monoisotopic (exact) mass is 435 g/mol. The van der Waals surface area contributed by atoms with Crippen molar-refractivity contribution in [3.8, 4) is 0 Å². The molecule has 3 N–H and O–H groups in total. The zero-order valence-corrected chi connectivity index (χ0v) is 17.9. The lowest BCUT2D eigenvalue weighted by molar-refractivity contribution is 0.0849. The van der Waals surface area contributed by atoms with E-state index in [1.165, 1.54) is 47.6 Å². The van der Waals surface area contributed by atoms with Crippen molar-refractivity contribution >= 4 is 38.9 Å². The van der Waals surface area contributed by atoms with Gasteiger partial charge in [-0.15, -0.1) is 11.3 Å². The molecule has 0 aliphatic heterocycles. The number of sulfonamides is 1. The van der Waals surface area contributed by atoms with Gasteiger partial charge in [-0.1, -0.05) is 18.9 Å². The van der Waals surface area contributed by atoms with Crippen LogP contribution in [0.5, 0.6) is 0 Å². The van der Waals surface area contributed by atoms with E-state index in [4.69, 9.17) is 0 Å². The van der Waals surface area contributed by atoms with Crippen LogP contribution in [0.25, 0.3) is 0 Å². The molecule has 156 valence electrons. The molecule has 0 bridgehead atoms. The van der Waals surface area contributed by atoms with Crippen molar-refractivity contribution in [1.82, 2.24) is 10.9 Å². The van der Waals surface area contributed by atoms with Crippen LogP contribution in [0, 0.1) is 0 Å². The van der Waals surface area contributed by atoms with Crippen LogP contribution in [-0.2, 0) is 22.9 Å². The molecule has 2 amide bonds. The first-order chi connectivity index (χ1) is 13.9. The van der Waals surface area contributed by atoms with E-state index in [2.05, 4.69) is 15.6 Å². The van der Waals surface area contributed by atoms with E-state index in [1.807, 2.05) is 6.07 Å². The summed E-state index contributed by atoms with van der Waals surface area (Å²) in [6.45, 7) is 1.53. The fourth-order valence-electron chi connectivity index (χ4n) is 3.18. The minimum absolute atomic E-state index is 0.0652. The lowest BCUT2D eigenvalue weighted by atomic mass is 10.00. The molecular weight excluding hydrogens is 410 g/mol. The van der Waals surface area contributed by atoms with Crippen LogP contribution in [-0.4, -0.2) is 26.0 Å². The van der Waals surface area contributed by atoms with Gasteiger partial charge in [0.15, 0.2) is 0 Å². The highest BCUT2D eigenvalue weighted by atomic mass is 32.2. The van der Waals surface area contributed by atoms with E-state index in [0.717, 1.165) is 25.7 Å². The lowest BCUT2D eigenvalue weighted by Gasteiger charge is -2.09. The maximum absolute atomic E-state index is 12.5. The third-order valence-electron chi connectivity index (χ3n) is 4.79. The highest BCUT2D eigenvalue weighted by molar-refractivity contribution is 7.92. The SMILES string of the molecule is CCS(=O)(=O)Nc1cccc(C(=O)NNC(=O)c2cc3c(s2)CCCCCC3)c1. The predicted octanol–water partition coefficient (Wildman–Crippen LogP) is 3.24. The molecule has 1 aliphatic rings. The molecule has 0 atom stereocenters. The lowest BCUT2D eigenvalue weighted by Crippen LogP contribution is -2.41. The van der Waals surface area contributed by atoms with Crippen molar-refractivity contribution in [3.05, 3.63) is 51.2 Å². The molecule has 0 unspecified atom stereocenters. The van der Waals surface area contributed by atoms with Gasteiger partial charge in [0.25, 0.3) is 11.8 Å². The van der Waals surface area contributed by atoms with Crippen molar-refractivity contribution in [1.29, 1.82) is 0 Å². The van der Waals surface area contributed by atoms with Crippen LogP contribution in [0.3, 0.4) is 0 Å². The molecule has 1 aromatic heterocycles. The number of hydrogen-bond acceptors (Lipinski definition) is 5. The Morgan fingerprint density at radius 3 is 2.48 bits per heavy atom. The van der Waals surface area contributed by atoms with E-state index in [0.29, 0.717) is 10.6 Å². The molecule has 3 rings (SSSR count). The fraction of sp³-hybridized carbons (Fsp3) is 0.400. The summed E-state index contributed by atoms with van der Waals surface area (Å²) in [5.41, 5.74) is 6.62. The van der Waals surface area contributed by atoms with E-state index in [1.54, 1.807) is 18.2 Å². The van der Waals surface area contributed by atoms with Crippen LogP contribution >= 0.6 is 11.3 Å². The van der Waals surface area contributed by atoms with Gasteiger partial charge in [0, 0.05) is 16.1 Å². The average Bonchev–Trinajstić information content (AvgIpc) is 3.07. The third kappa shape index (κ3) is 5.80. The van der Waals surface area contributed by atoms with Gasteiger partial charge in [-0.2, -0.15) is 0 Å². The Hall–Kier alpha value is -2.39. The minimum Gasteiger partial charge on any atom is -0.284 e. The maximum Gasteiger partial charge on any atom is 0.279 e. The summed E-state index contributed by atoms with van der Waals surface area (Å²) in [5.74, 6) is -0.937. The summed E-state index contributed by atoms with van der Waals surface area (Å²) in [6, 6.07) is 8.02. The van der Waals surface area contributed by atoms with Crippen molar-refractivity contribution in [2.45, 2.75) is 45.4 Å². The van der Waals surface area contributed by atoms with Gasteiger partial charge < -0.3 is 0 Å². The van der Waals surface area contributed by atoms with Gasteiger partial charge in [-0.3, -0.25) is 25.2 Å². The van der Waals surface area contributed by atoms with E-state index in [9.17, 15) is 18.0 Å². The Morgan fingerprint density at radius 1 is 1.00 bits per heavy atom. The van der Waals surface area contributed by atoms with Crippen LogP contribution in [0.2, 0.25) is 0 Å². The number of aryl methyl sites for hydroxylation is 2. The number of amides is 2. The summed E-state index contributed by atoms with van der Waals surface area (Å²) in [4.78, 5) is 26.7. The predicted molar refractivity (Wildman–Crippen MR) is 115 cm³/mol. The number of hydrogen-bond donors (Lipinski definition) is 3. The van der Waals surface area contributed by atoms with Crippen molar-refractivity contribution in [2.24, 2.45) is 0 Å². The van der Waals surface area contributed by atoms with Crippen molar-refractivity contribution < 1.29 is 18.0 Å². The second kappa shape index (κ2) is 9.41. The van der Waals surface area contributed by atoms with Gasteiger partial charge in [0.05, 0.1) is 10.6 Å². The van der Waals surface area contributed by atoms with Crippen LogP contribution in [0.1, 0.15) is 63.1 Å². The minimum atomic E-state index is -3.43. The topological polar surface area (TPSA) is 104 Å². The second-order valence-electron chi connectivity index (χ2n) is 6.97. The summed E-state index contributed by atoms with van der Waals surface area (Å²) >= 11 is 1.48. The van der Waals surface area contributed by atoms with E-state index in [-0.39, 0.29) is 17.2 Å². The zero-order chi connectivity index (χ0) is 20.9. The molecule has 9 heteroatoms. The maximum atomic E-state index is 12.5. The smallest absolute Gasteiger partial charge is 0.279 e. The molecule has 0 saturated carbocycles. The largest absolute Gasteiger partial charge is 0.284 e. The molecule has 29 heavy (non-hydrogen) atoms. The number of fused-ring (bicyclic) bond motifs is 1. The Kier molecular flexibility index (Phi) is 6.92. The molecule has 0 saturated heterocycles. The van der Waals surface area contributed by atoms with Crippen molar-refractivity contribution in [2.75, 3.05) is 10.5 Å². The Bertz CT molecular complexity index is 973. The van der Waals surface area contributed by atoms with E-state index < -0.39 is 15.9 Å². The highest BCUT2D eigenvalue weighted by Gasteiger charge is 2.17. The van der Waals surface area contributed by atoms with E-state index >= 15 is 0 Å². The van der Waals surface area contributed by atoms with Crippen LogP contribution in [0.15, 0.2) is 30.3 Å². The summed E-state index contributed by atoms with van der Waals surface area (Å²) in [7, 11) is -3.43. The molecule has 1 aromatic carbocycles. The summed E-state index contributed by atoms with van der Waals surface area (Å²) in [6.07, 6.45) is 6.72. The molecule has 0 fully saturated rings. The van der Waals surface area contributed by atoms with Gasteiger partial charge in [-0.05, 0) is 62.4 Å². The molecule has 7 nitrogen and oxygen atoms in total. The number of nitrogens with one attached hydrogen (secondary N) is 3.